The van der Waals surface area contributed by atoms with Crippen molar-refractivity contribution in [3.63, 3.8) is 0 Å². The zero-order valence-corrected chi connectivity index (χ0v) is 10.7. The van der Waals surface area contributed by atoms with E-state index in [1.54, 1.807) is 12.4 Å². The van der Waals surface area contributed by atoms with E-state index in [0.717, 1.165) is 29.7 Å². The SMILES string of the molecule is O=C(O)CCCCc1nc2cnccc2n1C1CC1. The summed E-state index contributed by atoms with van der Waals surface area (Å²) >= 11 is 0. The Morgan fingerprint density at radius 3 is 3.00 bits per heavy atom. The molecule has 2 heterocycles. The second kappa shape index (κ2) is 4.99. The highest BCUT2D eigenvalue weighted by Gasteiger charge is 2.27. The number of pyridine rings is 1. The minimum Gasteiger partial charge on any atom is -0.481 e. The summed E-state index contributed by atoms with van der Waals surface area (Å²) in [6.07, 6.45) is 8.71. The molecule has 0 atom stereocenters. The van der Waals surface area contributed by atoms with Crippen LogP contribution in [0, 0.1) is 0 Å². The van der Waals surface area contributed by atoms with Crippen molar-refractivity contribution in [3.05, 3.63) is 24.3 Å². The van der Waals surface area contributed by atoms with Crippen molar-refractivity contribution in [1.82, 2.24) is 14.5 Å². The van der Waals surface area contributed by atoms with Gasteiger partial charge in [-0.1, -0.05) is 0 Å². The van der Waals surface area contributed by atoms with E-state index in [4.69, 9.17) is 5.11 Å². The van der Waals surface area contributed by atoms with Crippen LogP contribution in [0.2, 0.25) is 0 Å². The Kier molecular flexibility index (Phi) is 3.19. The lowest BCUT2D eigenvalue weighted by Crippen LogP contribution is -2.02. The van der Waals surface area contributed by atoms with Gasteiger partial charge in [-0.3, -0.25) is 9.78 Å². The van der Waals surface area contributed by atoms with Gasteiger partial charge in [0.25, 0.3) is 0 Å². The van der Waals surface area contributed by atoms with Gasteiger partial charge < -0.3 is 9.67 Å². The van der Waals surface area contributed by atoms with Gasteiger partial charge in [-0.2, -0.15) is 0 Å². The monoisotopic (exact) mass is 259 g/mol. The number of aliphatic carboxylic acids is 1. The van der Waals surface area contributed by atoms with Gasteiger partial charge in [-0.15, -0.1) is 0 Å². The van der Waals surface area contributed by atoms with E-state index in [-0.39, 0.29) is 6.42 Å². The number of hydrogen-bond donors (Lipinski definition) is 1. The summed E-state index contributed by atoms with van der Waals surface area (Å²) < 4.78 is 2.32. The molecule has 5 heteroatoms. The van der Waals surface area contributed by atoms with Crippen molar-refractivity contribution in [2.24, 2.45) is 0 Å². The molecule has 0 saturated heterocycles. The van der Waals surface area contributed by atoms with E-state index in [1.807, 2.05) is 6.07 Å². The molecule has 1 saturated carbocycles. The maximum absolute atomic E-state index is 10.5. The van der Waals surface area contributed by atoms with Crippen molar-refractivity contribution < 1.29 is 9.90 Å². The molecule has 2 aromatic heterocycles. The van der Waals surface area contributed by atoms with Crippen molar-refractivity contribution in [1.29, 1.82) is 0 Å². The number of aromatic nitrogens is 3. The van der Waals surface area contributed by atoms with E-state index in [9.17, 15) is 4.79 Å². The number of fused-ring (bicyclic) bond motifs is 1. The lowest BCUT2D eigenvalue weighted by molar-refractivity contribution is -0.137. The number of carboxylic acid groups (broad SMARTS) is 1. The highest BCUT2D eigenvalue weighted by atomic mass is 16.4. The smallest absolute Gasteiger partial charge is 0.303 e. The van der Waals surface area contributed by atoms with E-state index < -0.39 is 5.97 Å². The maximum Gasteiger partial charge on any atom is 0.303 e. The first-order chi connectivity index (χ1) is 9.25. The first kappa shape index (κ1) is 12.1. The van der Waals surface area contributed by atoms with Crippen LogP contribution in [0.15, 0.2) is 18.5 Å². The molecule has 1 aliphatic rings. The second-order valence-electron chi connectivity index (χ2n) is 5.09. The highest BCUT2D eigenvalue weighted by molar-refractivity contribution is 5.75. The minimum atomic E-state index is -0.722. The van der Waals surface area contributed by atoms with Gasteiger partial charge >= 0.3 is 5.97 Å². The highest BCUT2D eigenvalue weighted by Crippen LogP contribution is 2.38. The van der Waals surface area contributed by atoms with Crippen LogP contribution in [0.5, 0.6) is 0 Å². The molecule has 100 valence electrons. The van der Waals surface area contributed by atoms with Gasteiger partial charge in [-0.05, 0) is 31.7 Å². The molecule has 0 amide bonds. The zero-order valence-electron chi connectivity index (χ0n) is 10.7. The predicted molar refractivity (Wildman–Crippen MR) is 71.0 cm³/mol. The molecule has 0 bridgehead atoms. The molecule has 0 radical (unpaired) electrons. The number of imidazole rings is 1. The number of rotatable bonds is 6. The lowest BCUT2D eigenvalue weighted by Gasteiger charge is -2.06. The molecule has 2 aromatic rings. The Labute approximate surface area is 111 Å². The second-order valence-corrected chi connectivity index (χ2v) is 5.09. The molecular weight excluding hydrogens is 242 g/mol. The summed E-state index contributed by atoms with van der Waals surface area (Å²) in [5, 5.41) is 8.65. The van der Waals surface area contributed by atoms with Gasteiger partial charge in [0.15, 0.2) is 0 Å². The average molecular weight is 259 g/mol. The van der Waals surface area contributed by atoms with Crippen molar-refractivity contribution in [2.75, 3.05) is 0 Å². The fraction of sp³-hybridized carbons (Fsp3) is 0.500. The lowest BCUT2D eigenvalue weighted by atomic mass is 10.2. The summed E-state index contributed by atoms with van der Waals surface area (Å²) in [6, 6.07) is 2.60. The molecule has 0 spiro atoms. The molecule has 1 fully saturated rings. The average Bonchev–Trinajstić information content (AvgIpc) is 3.15. The third-order valence-corrected chi connectivity index (χ3v) is 3.52. The molecule has 3 rings (SSSR count). The van der Waals surface area contributed by atoms with E-state index in [0.29, 0.717) is 12.5 Å². The van der Waals surface area contributed by atoms with E-state index in [1.165, 1.54) is 12.8 Å². The van der Waals surface area contributed by atoms with Crippen LogP contribution < -0.4 is 0 Å². The van der Waals surface area contributed by atoms with Gasteiger partial charge in [0.2, 0.25) is 0 Å². The fourth-order valence-corrected chi connectivity index (χ4v) is 2.48. The Balaban J connectivity index is 1.78. The van der Waals surface area contributed by atoms with E-state index >= 15 is 0 Å². The van der Waals surface area contributed by atoms with Crippen molar-refractivity contribution >= 4 is 17.0 Å². The summed E-state index contributed by atoms with van der Waals surface area (Å²) in [5.74, 6) is 0.357. The van der Waals surface area contributed by atoms with Crippen LogP contribution in [0.1, 0.15) is 44.0 Å². The first-order valence-corrected chi connectivity index (χ1v) is 6.78. The summed E-state index contributed by atoms with van der Waals surface area (Å²) in [7, 11) is 0. The van der Waals surface area contributed by atoms with Crippen LogP contribution >= 0.6 is 0 Å². The predicted octanol–water partition coefficient (Wildman–Crippen LogP) is 2.56. The molecule has 1 N–H and O–H groups in total. The molecule has 1 aliphatic carbocycles. The number of carboxylic acids is 1. The maximum atomic E-state index is 10.5. The molecule has 19 heavy (non-hydrogen) atoms. The van der Waals surface area contributed by atoms with Crippen LogP contribution in [-0.4, -0.2) is 25.6 Å². The minimum absolute atomic E-state index is 0.241. The van der Waals surface area contributed by atoms with Crippen LogP contribution in [0.4, 0.5) is 0 Å². The summed E-state index contributed by atoms with van der Waals surface area (Å²) in [5.41, 5.74) is 2.10. The summed E-state index contributed by atoms with van der Waals surface area (Å²) in [4.78, 5) is 19.3. The van der Waals surface area contributed by atoms with Gasteiger partial charge in [-0.25, -0.2) is 4.98 Å². The van der Waals surface area contributed by atoms with Crippen LogP contribution in [0.3, 0.4) is 0 Å². The Bertz CT molecular complexity index is 602. The number of carbonyl (C=O) groups is 1. The zero-order chi connectivity index (χ0) is 13.2. The van der Waals surface area contributed by atoms with Crippen LogP contribution in [0.25, 0.3) is 11.0 Å². The summed E-state index contributed by atoms with van der Waals surface area (Å²) in [6.45, 7) is 0. The number of hydrogen-bond acceptors (Lipinski definition) is 3. The van der Waals surface area contributed by atoms with Gasteiger partial charge in [0.05, 0.1) is 11.7 Å². The molecular formula is C14H17N3O2. The first-order valence-electron chi connectivity index (χ1n) is 6.78. The largest absolute Gasteiger partial charge is 0.481 e. The number of nitrogens with zero attached hydrogens (tertiary/aromatic N) is 3. The quantitative estimate of drug-likeness (QED) is 0.809. The van der Waals surface area contributed by atoms with Gasteiger partial charge in [0, 0.05) is 25.1 Å². The third-order valence-electron chi connectivity index (χ3n) is 3.52. The van der Waals surface area contributed by atoms with Crippen molar-refractivity contribution in [2.45, 2.75) is 44.6 Å². The molecule has 5 nitrogen and oxygen atoms in total. The van der Waals surface area contributed by atoms with E-state index in [2.05, 4.69) is 14.5 Å². The molecule has 0 aliphatic heterocycles. The third kappa shape index (κ3) is 2.59. The fourth-order valence-electron chi connectivity index (χ4n) is 2.48. The molecule has 0 aromatic carbocycles. The Morgan fingerprint density at radius 1 is 1.42 bits per heavy atom. The number of aryl methyl sites for hydroxylation is 1. The van der Waals surface area contributed by atoms with Crippen molar-refractivity contribution in [3.8, 4) is 0 Å². The Morgan fingerprint density at radius 2 is 2.26 bits per heavy atom. The van der Waals surface area contributed by atoms with Gasteiger partial charge in [0.1, 0.15) is 11.3 Å². The Hall–Kier alpha value is -1.91. The number of unbranched alkanes of at least 4 members (excludes halogenated alkanes) is 1. The molecule has 0 unspecified atom stereocenters. The standard InChI is InChI=1S/C14H17N3O2/c18-14(19)4-2-1-3-13-16-11-9-15-8-7-12(11)17(13)10-5-6-10/h7-10H,1-6H2,(H,18,19). The van der Waals surface area contributed by atoms with Crippen LogP contribution in [-0.2, 0) is 11.2 Å². The topological polar surface area (TPSA) is 68.0 Å². The normalized spacial score (nSPS) is 14.9.